The van der Waals surface area contributed by atoms with Gasteiger partial charge in [0.15, 0.2) is 11.5 Å². The number of ether oxygens (including phenoxy) is 2. The van der Waals surface area contributed by atoms with Gasteiger partial charge in [0, 0.05) is 31.2 Å². The number of carbonyl (C=O) groups excluding carboxylic acids is 1. The molecule has 1 aromatic rings. The minimum absolute atomic E-state index is 0.0780. The van der Waals surface area contributed by atoms with Gasteiger partial charge in [-0.15, -0.1) is 0 Å². The van der Waals surface area contributed by atoms with Crippen molar-refractivity contribution in [2.45, 2.75) is 19.6 Å². The van der Waals surface area contributed by atoms with Crippen LogP contribution in [0, 0.1) is 0 Å². The lowest BCUT2D eigenvalue weighted by Gasteiger charge is -2.34. The average molecular weight is 300 g/mol. The largest absolute Gasteiger partial charge is 0.493 e. The van der Waals surface area contributed by atoms with Gasteiger partial charge in [0.1, 0.15) is 0 Å². The van der Waals surface area contributed by atoms with Crippen molar-refractivity contribution in [3.8, 4) is 11.5 Å². The fraction of sp³-hybridized carbons (Fsp3) is 0.500. The van der Waals surface area contributed by atoms with Crippen LogP contribution in [0.25, 0.3) is 0 Å². The molecule has 0 spiro atoms. The minimum Gasteiger partial charge on any atom is -0.493 e. The first-order valence-corrected chi connectivity index (χ1v) is 6.67. The molecule has 0 saturated carbocycles. The molecule has 1 atom stereocenters. The second-order valence-corrected chi connectivity index (χ2v) is 4.80. The predicted octanol–water partition coefficient (Wildman–Crippen LogP) is 1.73. The van der Waals surface area contributed by atoms with Crippen molar-refractivity contribution in [3.63, 3.8) is 0 Å². The number of nitrogens with one attached hydrogen (secondary N) is 1. The number of amides is 1. The Balaban J connectivity index is 2.21. The smallest absolute Gasteiger partial charge is 0.387 e. The van der Waals surface area contributed by atoms with Crippen molar-refractivity contribution in [1.82, 2.24) is 10.2 Å². The minimum atomic E-state index is -2.94. The Morgan fingerprint density at radius 3 is 2.81 bits per heavy atom. The first-order chi connectivity index (χ1) is 10.0. The highest BCUT2D eigenvalue weighted by atomic mass is 19.3. The van der Waals surface area contributed by atoms with Gasteiger partial charge in [0.25, 0.3) is 5.91 Å². The molecule has 1 heterocycles. The number of methoxy groups -OCH3 is 1. The van der Waals surface area contributed by atoms with Crippen LogP contribution in [-0.2, 0) is 0 Å². The molecule has 0 bridgehead atoms. The summed E-state index contributed by atoms with van der Waals surface area (Å²) in [6.45, 7) is 1.09. The first kappa shape index (κ1) is 15.5. The van der Waals surface area contributed by atoms with Gasteiger partial charge >= 0.3 is 6.61 Å². The van der Waals surface area contributed by atoms with Gasteiger partial charge in [-0.05, 0) is 25.1 Å². The number of benzene rings is 1. The summed E-state index contributed by atoms with van der Waals surface area (Å²) in [6.07, 6.45) is 0. The molecular weight excluding hydrogens is 282 g/mol. The SMILES string of the molecule is COc1cc(C(=O)N2CCNC[C@@H]2C)ccc1OC(F)F. The first-order valence-electron chi connectivity index (χ1n) is 6.67. The Morgan fingerprint density at radius 2 is 2.19 bits per heavy atom. The predicted molar refractivity (Wildman–Crippen MR) is 73.0 cm³/mol. The van der Waals surface area contributed by atoms with E-state index in [4.69, 9.17) is 4.74 Å². The average Bonchev–Trinajstić information content (AvgIpc) is 2.47. The molecule has 1 saturated heterocycles. The van der Waals surface area contributed by atoms with Gasteiger partial charge in [-0.3, -0.25) is 4.79 Å². The third kappa shape index (κ3) is 3.60. The number of rotatable bonds is 4. The number of hydrogen-bond donors (Lipinski definition) is 1. The van der Waals surface area contributed by atoms with Crippen LogP contribution in [0.3, 0.4) is 0 Å². The Labute approximate surface area is 121 Å². The fourth-order valence-electron chi connectivity index (χ4n) is 2.30. The fourth-order valence-corrected chi connectivity index (χ4v) is 2.30. The number of nitrogens with zero attached hydrogens (tertiary/aromatic N) is 1. The molecule has 1 amide bonds. The van der Waals surface area contributed by atoms with Crippen molar-refractivity contribution < 1.29 is 23.0 Å². The summed E-state index contributed by atoms with van der Waals surface area (Å²) < 4.78 is 33.9. The van der Waals surface area contributed by atoms with Gasteiger partial charge in [-0.1, -0.05) is 0 Å². The second kappa shape index (κ2) is 6.71. The Bertz CT molecular complexity index is 511. The van der Waals surface area contributed by atoms with Gasteiger partial charge in [0.05, 0.1) is 7.11 Å². The zero-order valence-corrected chi connectivity index (χ0v) is 11.9. The van der Waals surface area contributed by atoms with Crippen molar-refractivity contribution in [2.24, 2.45) is 0 Å². The summed E-state index contributed by atoms with van der Waals surface area (Å²) in [6, 6.07) is 4.30. The number of carbonyl (C=O) groups is 1. The zero-order chi connectivity index (χ0) is 15.4. The molecule has 116 valence electrons. The molecule has 1 N–H and O–H groups in total. The molecule has 0 aromatic heterocycles. The standard InChI is InChI=1S/C14H18F2N2O3/c1-9-8-17-5-6-18(9)13(19)10-3-4-11(21-14(15)16)12(7-10)20-2/h3-4,7,9,14,17H,5-6,8H2,1-2H3/t9-/m0/s1. The van der Waals surface area contributed by atoms with Crippen LogP contribution in [0.15, 0.2) is 18.2 Å². The van der Waals surface area contributed by atoms with E-state index in [1.807, 2.05) is 6.92 Å². The van der Waals surface area contributed by atoms with E-state index in [9.17, 15) is 13.6 Å². The Morgan fingerprint density at radius 1 is 1.43 bits per heavy atom. The zero-order valence-electron chi connectivity index (χ0n) is 11.9. The number of hydrogen-bond acceptors (Lipinski definition) is 4. The van der Waals surface area contributed by atoms with Crippen molar-refractivity contribution in [3.05, 3.63) is 23.8 Å². The second-order valence-electron chi connectivity index (χ2n) is 4.80. The topological polar surface area (TPSA) is 50.8 Å². The summed E-state index contributed by atoms with van der Waals surface area (Å²) >= 11 is 0. The normalized spacial score (nSPS) is 18.7. The van der Waals surface area contributed by atoms with Crippen LogP contribution in [-0.4, -0.2) is 50.2 Å². The van der Waals surface area contributed by atoms with Gasteiger partial charge < -0.3 is 19.7 Å². The maximum absolute atomic E-state index is 12.5. The maximum Gasteiger partial charge on any atom is 0.387 e. The van der Waals surface area contributed by atoms with E-state index in [2.05, 4.69) is 10.1 Å². The van der Waals surface area contributed by atoms with Crippen LogP contribution in [0.5, 0.6) is 11.5 Å². The summed E-state index contributed by atoms with van der Waals surface area (Å²) in [7, 11) is 1.34. The summed E-state index contributed by atoms with van der Waals surface area (Å²) in [5, 5.41) is 3.20. The summed E-state index contributed by atoms with van der Waals surface area (Å²) in [5.41, 5.74) is 0.391. The van der Waals surface area contributed by atoms with E-state index in [0.717, 1.165) is 13.1 Å². The van der Waals surface area contributed by atoms with Gasteiger partial charge in [0.2, 0.25) is 0 Å². The number of piperazine rings is 1. The highest BCUT2D eigenvalue weighted by Gasteiger charge is 2.25. The monoisotopic (exact) mass is 300 g/mol. The molecule has 21 heavy (non-hydrogen) atoms. The van der Waals surface area contributed by atoms with E-state index in [-0.39, 0.29) is 23.4 Å². The summed E-state index contributed by atoms with van der Waals surface area (Å²) in [5.74, 6) is -0.118. The van der Waals surface area contributed by atoms with E-state index < -0.39 is 6.61 Å². The van der Waals surface area contributed by atoms with E-state index in [1.54, 1.807) is 4.90 Å². The molecule has 1 aromatic carbocycles. The number of alkyl halides is 2. The molecule has 0 unspecified atom stereocenters. The molecule has 0 radical (unpaired) electrons. The highest BCUT2D eigenvalue weighted by molar-refractivity contribution is 5.95. The van der Waals surface area contributed by atoms with Crippen molar-refractivity contribution >= 4 is 5.91 Å². The third-order valence-corrected chi connectivity index (χ3v) is 3.39. The molecule has 1 aliphatic heterocycles. The van der Waals surface area contributed by atoms with E-state index >= 15 is 0 Å². The summed E-state index contributed by atoms with van der Waals surface area (Å²) in [4.78, 5) is 14.2. The van der Waals surface area contributed by atoms with Gasteiger partial charge in [-0.2, -0.15) is 8.78 Å². The lowest BCUT2D eigenvalue weighted by molar-refractivity contribution is -0.0512. The molecule has 1 fully saturated rings. The van der Waals surface area contributed by atoms with Crippen LogP contribution >= 0.6 is 0 Å². The molecule has 1 aliphatic rings. The van der Waals surface area contributed by atoms with Crippen molar-refractivity contribution in [1.29, 1.82) is 0 Å². The third-order valence-electron chi connectivity index (χ3n) is 3.39. The molecular formula is C14H18F2N2O3. The van der Waals surface area contributed by atoms with Crippen LogP contribution in [0.1, 0.15) is 17.3 Å². The van der Waals surface area contributed by atoms with E-state index in [1.165, 1.54) is 25.3 Å². The molecule has 2 rings (SSSR count). The Kier molecular flexibility index (Phi) is 4.95. The van der Waals surface area contributed by atoms with Crippen LogP contribution in [0.4, 0.5) is 8.78 Å². The van der Waals surface area contributed by atoms with E-state index in [0.29, 0.717) is 12.1 Å². The molecule has 5 nitrogen and oxygen atoms in total. The lowest BCUT2D eigenvalue weighted by Crippen LogP contribution is -2.52. The van der Waals surface area contributed by atoms with Crippen LogP contribution < -0.4 is 14.8 Å². The van der Waals surface area contributed by atoms with Crippen LogP contribution in [0.2, 0.25) is 0 Å². The molecule has 0 aliphatic carbocycles. The van der Waals surface area contributed by atoms with Crippen molar-refractivity contribution in [2.75, 3.05) is 26.7 Å². The lowest BCUT2D eigenvalue weighted by atomic mass is 10.1. The maximum atomic E-state index is 12.5. The quantitative estimate of drug-likeness (QED) is 0.920. The number of halogens is 2. The van der Waals surface area contributed by atoms with Gasteiger partial charge in [-0.25, -0.2) is 0 Å². The highest BCUT2D eigenvalue weighted by Crippen LogP contribution is 2.30. The Hall–Kier alpha value is -1.89. The molecule has 7 heteroatoms.